The minimum absolute atomic E-state index is 0.00436. The van der Waals surface area contributed by atoms with Crippen LogP contribution in [0.15, 0.2) is 18.2 Å². The molecule has 0 aliphatic carbocycles. The highest BCUT2D eigenvalue weighted by molar-refractivity contribution is 6.31. The van der Waals surface area contributed by atoms with Crippen LogP contribution in [0.3, 0.4) is 0 Å². The molecule has 4 heteroatoms. The van der Waals surface area contributed by atoms with Crippen molar-refractivity contribution in [1.82, 2.24) is 5.32 Å². The molecule has 0 atom stereocenters. The van der Waals surface area contributed by atoms with Gasteiger partial charge >= 0.3 is 0 Å². The second-order valence-electron chi connectivity index (χ2n) is 2.86. The predicted molar refractivity (Wildman–Crippen MR) is 54.1 cm³/mol. The van der Waals surface area contributed by atoms with Crippen LogP contribution in [0.5, 0.6) is 0 Å². The molecule has 0 aromatic heterocycles. The Hall–Kier alpha value is -1.53. The summed E-state index contributed by atoms with van der Waals surface area (Å²) < 4.78 is 0. The number of benzene rings is 1. The van der Waals surface area contributed by atoms with E-state index in [4.69, 9.17) is 16.9 Å². The lowest BCUT2D eigenvalue weighted by atomic mass is 10.1. The second-order valence-corrected chi connectivity index (χ2v) is 3.29. The number of hydrogen-bond donors (Lipinski definition) is 1. The maximum absolute atomic E-state index is 11.4. The smallest absolute Gasteiger partial charge is 0.252 e. The Morgan fingerprint density at radius 2 is 2.29 bits per heavy atom. The van der Waals surface area contributed by atoms with Gasteiger partial charge in [-0.3, -0.25) is 4.79 Å². The molecule has 72 valence electrons. The second kappa shape index (κ2) is 4.64. The van der Waals surface area contributed by atoms with E-state index in [1.807, 2.05) is 13.0 Å². The number of aryl methyl sites for hydroxylation is 1. The van der Waals surface area contributed by atoms with Crippen molar-refractivity contribution in [3.05, 3.63) is 34.3 Å². The number of amides is 1. The quantitative estimate of drug-likeness (QED) is 0.755. The molecule has 3 nitrogen and oxygen atoms in total. The summed E-state index contributed by atoms with van der Waals surface area (Å²) >= 11 is 5.78. The van der Waals surface area contributed by atoms with Gasteiger partial charge in [0.05, 0.1) is 6.07 Å². The summed E-state index contributed by atoms with van der Waals surface area (Å²) in [7, 11) is 0. The Morgan fingerprint density at radius 1 is 1.57 bits per heavy atom. The molecule has 0 radical (unpaired) electrons. The van der Waals surface area contributed by atoms with E-state index in [9.17, 15) is 4.79 Å². The molecule has 0 spiro atoms. The number of hydrogen-bond acceptors (Lipinski definition) is 2. The summed E-state index contributed by atoms with van der Waals surface area (Å²) in [5.74, 6) is -0.280. The van der Waals surface area contributed by atoms with Gasteiger partial charge in [0.15, 0.2) is 0 Å². The van der Waals surface area contributed by atoms with Crippen LogP contribution in [0.4, 0.5) is 0 Å². The summed E-state index contributed by atoms with van der Waals surface area (Å²) in [5, 5.41) is 11.2. The van der Waals surface area contributed by atoms with Crippen molar-refractivity contribution in [1.29, 1.82) is 5.26 Å². The predicted octanol–water partition coefficient (Wildman–Crippen LogP) is 1.90. The van der Waals surface area contributed by atoms with Crippen LogP contribution in [0, 0.1) is 18.3 Å². The molecule has 1 rings (SSSR count). The van der Waals surface area contributed by atoms with E-state index in [0.717, 1.165) is 5.56 Å². The summed E-state index contributed by atoms with van der Waals surface area (Å²) in [6, 6.07) is 6.89. The average molecular weight is 209 g/mol. The number of nitriles is 1. The Morgan fingerprint density at radius 3 is 2.86 bits per heavy atom. The highest BCUT2D eigenvalue weighted by Crippen LogP contribution is 2.14. The third-order valence-corrected chi connectivity index (χ3v) is 1.85. The van der Waals surface area contributed by atoms with Gasteiger partial charge in [-0.15, -0.1) is 0 Å². The summed E-state index contributed by atoms with van der Waals surface area (Å²) in [6.45, 7) is 1.86. The Balaban J connectivity index is 2.85. The molecule has 1 N–H and O–H groups in total. The van der Waals surface area contributed by atoms with Gasteiger partial charge in [0.25, 0.3) is 5.91 Å². The van der Waals surface area contributed by atoms with Crippen LogP contribution in [0.1, 0.15) is 15.9 Å². The van der Waals surface area contributed by atoms with Gasteiger partial charge in [-0.25, -0.2) is 0 Å². The van der Waals surface area contributed by atoms with E-state index >= 15 is 0 Å². The number of nitrogens with zero attached hydrogens (tertiary/aromatic N) is 1. The molecular formula is C10H9ClN2O. The van der Waals surface area contributed by atoms with Crippen molar-refractivity contribution < 1.29 is 4.79 Å². The van der Waals surface area contributed by atoms with Gasteiger partial charge in [-0.1, -0.05) is 11.6 Å². The normalized spacial score (nSPS) is 9.21. The van der Waals surface area contributed by atoms with Crippen LogP contribution in [-0.4, -0.2) is 12.5 Å². The van der Waals surface area contributed by atoms with E-state index in [-0.39, 0.29) is 12.5 Å². The van der Waals surface area contributed by atoms with Crippen molar-refractivity contribution in [2.24, 2.45) is 0 Å². The lowest BCUT2D eigenvalue weighted by molar-refractivity contribution is 0.0958. The van der Waals surface area contributed by atoms with Crippen LogP contribution in [0.2, 0.25) is 5.02 Å². The fraction of sp³-hybridized carbons (Fsp3) is 0.200. The van der Waals surface area contributed by atoms with E-state index in [1.165, 1.54) is 0 Å². The summed E-state index contributed by atoms with van der Waals surface area (Å²) in [6.07, 6.45) is 0. The maximum Gasteiger partial charge on any atom is 0.252 e. The molecule has 0 aliphatic heterocycles. The van der Waals surface area contributed by atoms with Crippen molar-refractivity contribution in [3.8, 4) is 6.07 Å². The Bertz CT molecular complexity index is 375. The third kappa shape index (κ3) is 2.75. The van der Waals surface area contributed by atoms with Crippen LogP contribution < -0.4 is 5.32 Å². The van der Waals surface area contributed by atoms with E-state index in [1.54, 1.807) is 18.2 Å². The van der Waals surface area contributed by atoms with Gasteiger partial charge < -0.3 is 5.32 Å². The number of carbonyl (C=O) groups excluding carboxylic acids is 1. The van der Waals surface area contributed by atoms with Crippen LogP contribution in [0.25, 0.3) is 0 Å². The van der Waals surface area contributed by atoms with Gasteiger partial charge in [0.1, 0.15) is 6.54 Å². The molecule has 0 aliphatic rings. The standard InChI is InChI=1S/C10H9ClN2O/c1-7-4-8(6-9(11)5-7)10(14)13-3-2-12/h4-6H,3H2,1H3,(H,13,14). The molecule has 0 fully saturated rings. The molecule has 1 amide bonds. The highest BCUT2D eigenvalue weighted by Gasteiger charge is 2.05. The minimum Gasteiger partial charge on any atom is -0.339 e. The van der Waals surface area contributed by atoms with E-state index in [2.05, 4.69) is 5.32 Å². The van der Waals surface area contributed by atoms with Crippen LogP contribution in [-0.2, 0) is 0 Å². The number of halogens is 1. The molecular weight excluding hydrogens is 200 g/mol. The molecule has 14 heavy (non-hydrogen) atoms. The van der Waals surface area contributed by atoms with E-state index in [0.29, 0.717) is 10.6 Å². The first-order valence-electron chi connectivity index (χ1n) is 4.06. The largest absolute Gasteiger partial charge is 0.339 e. The molecule has 0 saturated carbocycles. The van der Waals surface area contributed by atoms with Gasteiger partial charge in [0.2, 0.25) is 0 Å². The topological polar surface area (TPSA) is 52.9 Å². The summed E-state index contributed by atoms with van der Waals surface area (Å²) in [4.78, 5) is 11.4. The van der Waals surface area contributed by atoms with Crippen molar-refractivity contribution >= 4 is 17.5 Å². The number of nitrogens with one attached hydrogen (secondary N) is 1. The van der Waals surface area contributed by atoms with Crippen molar-refractivity contribution in [3.63, 3.8) is 0 Å². The van der Waals surface area contributed by atoms with Crippen molar-refractivity contribution in [2.45, 2.75) is 6.92 Å². The highest BCUT2D eigenvalue weighted by atomic mass is 35.5. The zero-order valence-corrected chi connectivity index (χ0v) is 8.43. The maximum atomic E-state index is 11.4. The first-order valence-corrected chi connectivity index (χ1v) is 4.43. The Kier molecular flexibility index (Phi) is 3.49. The summed E-state index contributed by atoms with van der Waals surface area (Å²) in [5.41, 5.74) is 1.39. The minimum atomic E-state index is -0.280. The molecule has 0 saturated heterocycles. The fourth-order valence-corrected chi connectivity index (χ4v) is 1.38. The molecule has 0 heterocycles. The lowest BCUT2D eigenvalue weighted by Crippen LogP contribution is -2.23. The lowest BCUT2D eigenvalue weighted by Gasteiger charge is -2.02. The molecule has 0 bridgehead atoms. The monoisotopic (exact) mass is 208 g/mol. The number of rotatable bonds is 2. The van der Waals surface area contributed by atoms with Crippen LogP contribution >= 0.6 is 11.6 Å². The van der Waals surface area contributed by atoms with Gasteiger partial charge in [-0.05, 0) is 30.7 Å². The molecule has 1 aromatic carbocycles. The third-order valence-electron chi connectivity index (χ3n) is 1.63. The van der Waals surface area contributed by atoms with E-state index < -0.39 is 0 Å². The molecule has 0 unspecified atom stereocenters. The molecule has 1 aromatic rings. The fourth-order valence-electron chi connectivity index (χ4n) is 1.09. The van der Waals surface area contributed by atoms with Gasteiger partial charge in [-0.2, -0.15) is 5.26 Å². The van der Waals surface area contributed by atoms with Gasteiger partial charge in [0, 0.05) is 10.6 Å². The Labute approximate surface area is 87.3 Å². The average Bonchev–Trinajstić information content (AvgIpc) is 2.12. The first kappa shape index (κ1) is 10.6. The van der Waals surface area contributed by atoms with Crippen molar-refractivity contribution in [2.75, 3.05) is 6.54 Å². The SMILES string of the molecule is Cc1cc(Cl)cc(C(=O)NCC#N)c1. The zero-order chi connectivity index (χ0) is 10.6. The first-order chi connectivity index (χ1) is 6.63. The zero-order valence-electron chi connectivity index (χ0n) is 7.67. The number of carbonyl (C=O) groups is 1.